The molecular weight excluding hydrogens is 361 g/mol. The Balaban J connectivity index is 1.92. The third-order valence-electron chi connectivity index (χ3n) is 5.40. The standard InChI is InChI=1S/C22H22FNO4/c1-13(25)27-19-7-6-16-12-18-20-15(8-10-24(18)11-9-23)4-3-5-17(20)21(16)22(19)28-14(2)26/h3-7,18H,8-12H2,1-2H3. The van der Waals surface area contributed by atoms with Crippen molar-refractivity contribution in [2.24, 2.45) is 0 Å². The first-order valence-corrected chi connectivity index (χ1v) is 9.44. The van der Waals surface area contributed by atoms with Crippen molar-refractivity contribution in [1.29, 1.82) is 0 Å². The molecule has 2 aromatic rings. The van der Waals surface area contributed by atoms with E-state index in [0.717, 1.165) is 35.2 Å². The average molecular weight is 383 g/mol. The van der Waals surface area contributed by atoms with Crippen LogP contribution in [0, 0.1) is 0 Å². The fraction of sp³-hybridized carbons (Fsp3) is 0.364. The van der Waals surface area contributed by atoms with Crippen LogP contribution in [0.25, 0.3) is 11.1 Å². The number of alkyl halides is 1. The molecule has 28 heavy (non-hydrogen) atoms. The van der Waals surface area contributed by atoms with Gasteiger partial charge in [0.25, 0.3) is 0 Å². The first-order valence-electron chi connectivity index (χ1n) is 9.44. The van der Waals surface area contributed by atoms with Gasteiger partial charge in [0, 0.05) is 38.5 Å². The quantitative estimate of drug-likeness (QED) is 0.596. The van der Waals surface area contributed by atoms with Gasteiger partial charge in [0.2, 0.25) is 0 Å². The van der Waals surface area contributed by atoms with Crippen LogP contribution in [0.3, 0.4) is 0 Å². The molecule has 0 saturated carbocycles. The molecule has 146 valence electrons. The molecule has 4 rings (SSSR count). The molecule has 1 aliphatic heterocycles. The largest absolute Gasteiger partial charge is 0.423 e. The van der Waals surface area contributed by atoms with Crippen LogP contribution in [0.15, 0.2) is 30.3 Å². The number of halogens is 1. The van der Waals surface area contributed by atoms with Crippen LogP contribution in [-0.2, 0) is 22.4 Å². The van der Waals surface area contributed by atoms with Crippen molar-refractivity contribution >= 4 is 11.9 Å². The first-order chi connectivity index (χ1) is 13.5. The van der Waals surface area contributed by atoms with Gasteiger partial charge in [-0.15, -0.1) is 0 Å². The van der Waals surface area contributed by atoms with Gasteiger partial charge in [0.15, 0.2) is 11.5 Å². The molecule has 0 spiro atoms. The average Bonchev–Trinajstić information content (AvgIpc) is 2.65. The highest BCUT2D eigenvalue weighted by atomic mass is 19.1. The summed E-state index contributed by atoms with van der Waals surface area (Å²) in [7, 11) is 0. The molecule has 0 bridgehead atoms. The highest BCUT2D eigenvalue weighted by Crippen LogP contribution is 2.51. The monoisotopic (exact) mass is 383 g/mol. The number of esters is 2. The van der Waals surface area contributed by atoms with Gasteiger partial charge < -0.3 is 9.47 Å². The summed E-state index contributed by atoms with van der Waals surface area (Å²) in [5, 5.41) is 0. The van der Waals surface area contributed by atoms with Crippen molar-refractivity contribution < 1.29 is 23.5 Å². The lowest BCUT2D eigenvalue weighted by Gasteiger charge is -2.41. The van der Waals surface area contributed by atoms with Crippen LogP contribution in [0.4, 0.5) is 4.39 Å². The molecule has 0 radical (unpaired) electrons. The van der Waals surface area contributed by atoms with Crippen molar-refractivity contribution in [3.05, 3.63) is 47.0 Å². The lowest BCUT2D eigenvalue weighted by molar-refractivity contribution is -0.134. The Kier molecular flexibility index (Phi) is 4.89. The van der Waals surface area contributed by atoms with E-state index in [2.05, 4.69) is 11.0 Å². The number of hydrogen-bond acceptors (Lipinski definition) is 5. The van der Waals surface area contributed by atoms with Gasteiger partial charge >= 0.3 is 11.9 Å². The second-order valence-electron chi connectivity index (χ2n) is 7.19. The van der Waals surface area contributed by atoms with Gasteiger partial charge in [-0.3, -0.25) is 14.5 Å². The van der Waals surface area contributed by atoms with Gasteiger partial charge in [0.05, 0.1) is 0 Å². The highest BCUT2D eigenvalue weighted by molar-refractivity contribution is 5.86. The lowest BCUT2D eigenvalue weighted by atomic mass is 9.76. The summed E-state index contributed by atoms with van der Waals surface area (Å²) in [4.78, 5) is 25.5. The summed E-state index contributed by atoms with van der Waals surface area (Å²) in [6.45, 7) is 3.47. The molecule has 0 fully saturated rings. The normalized spacial score (nSPS) is 17.5. The Bertz CT molecular complexity index is 956. The lowest BCUT2D eigenvalue weighted by Crippen LogP contribution is -2.39. The number of benzene rings is 2. The smallest absolute Gasteiger partial charge is 0.308 e. The van der Waals surface area contributed by atoms with Crippen molar-refractivity contribution in [2.75, 3.05) is 19.8 Å². The summed E-state index contributed by atoms with van der Waals surface area (Å²) < 4.78 is 23.9. The molecule has 1 aliphatic carbocycles. The fourth-order valence-electron chi connectivity index (χ4n) is 4.41. The summed E-state index contributed by atoms with van der Waals surface area (Å²) in [5.74, 6) is -0.456. The number of nitrogens with zero attached hydrogens (tertiary/aromatic N) is 1. The Hall–Kier alpha value is -2.73. The second-order valence-corrected chi connectivity index (χ2v) is 7.19. The third-order valence-corrected chi connectivity index (χ3v) is 5.40. The molecule has 1 heterocycles. The van der Waals surface area contributed by atoms with Gasteiger partial charge in [-0.1, -0.05) is 24.3 Å². The SMILES string of the molecule is CC(=O)Oc1ccc2c(c1OC(C)=O)-c1cccc3c1C(C2)N(CCF)CC3. The van der Waals surface area contributed by atoms with E-state index < -0.39 is 11.9 Å². The molecule has 0 amide bonds. The van der Waals surface area contributed by atoms with Crippen molar-refractivity contribution in [3.63, 3.8) is 0 Å². The Labute approximate surface area is 163 Å². The van der Waals surface area contributed by atoms with Crippen molar-refractivity contribution in [3.8, 4) is 22.6 Å². The van der Waals surface area contributed by atoms with E-state index in [1.54, 1.807) is 6.07 Å². The molecule has 0 aromatic heterocycles. The van der Waals surface area contributed by atoms with Crippen LogP contribution in [0.5, 0.6) is 11.5 Å². The van der Waals surface area contributed by atoms with E-state index in [1.807, 2.05) is 18.2 Å². The predicted molar refractivity (Wildman–Crippen MR) is 102 cm³/mol. The minimum Gasteiger partial charge on any atom is -0.423 e. The van der Waals surface area contributed by atoms with Crippen molar-refractivity contribution in [1.82, 2.24) is 4.90 Å². The van der Waals surface area contributed by atoms with Crippen LogP contribution in [0.1, 0.15) is 36.6 Å². The number of rotatable bonds is 4. The van der Waals surface area contributed by atoms with Crippen molar-refractivity contribution in [2.45, 2.75) is 32.7 Å². The topological polar surface area (TPSA) is 55.8 Å². The highest BCUT2D eigenvalue weighted by Gasteiger charge is 2.36. The van der Waals surface area contributed by atoms with E-state index in [9.17, 15) is 14.0 Å². The zero-order chi connectivity index (χ0) is 19.8. The summed E-state index contributed by atoms with van der Waals surface area (Å²) >= 11 is 0. The number of carbonyl (C=O) groups is 2. The molecule has 5 nitrogen and oxygen atoms in total. The summed E-state index contributed by atoms with van der Waals surface area (Å²) in [6.07, 6.45) is 1.54. The Morgan fingerprint density at radius 2 is 1.89 bits per heavy atom. The zero-order valence-corrected chi connectivity index (χ0v) is 16.0. The van der Waals surface area contributed by atoms with Crippen LogP contribution in [-0.4, -0.2) is 36.6 Å². The molecule has 1 atom stereocenters. The van der Waals surface area contributed by atoms with E-state index in [-0.39, 0.29) is 24.2 Å². The molecule has 6 heteroatoms. The van der Waals surface area contributed by atoms with Gasteiger partial charge in [-0.05, 0) is 41.2 Å². The third kappa shape index (κ3) is 3.18. The van der Waals surface area contributed by atoms with E-state index in [0.29, 0.717) is 13.0 Å². The maximum absolute atomic E-state index is 13.1. The number of carbonyl (C=O) groups excluding carboxylic acids is 2. The summed E-state index contributed by atoms with van der Waals surface area (Å²) in [6, 6.07) is 9.74. The molecular formula is C22H22FNO4. The van der Waals surface area contributed by atoms with E-state index in [4.69, 9.17) is 9.47 Å². The van der Waals surface area contributed by atoms with Gasteiger partial charge in [-0.25, -0.2) is 4.39 Å². The predicted octanol–water partition coefficient (Wildman–Crippen LogP) is 3.63. The molecule has 1 unspecified atom stereocenters. The Morgan fingerprint density at radius 3 is 2.61 bits per heavy atom. The number of fused-ring (bicyclic) bond motifs is 2. The number of ether oxygens (including phenoxy) is 2. The van der Waals surface area contributed by atoms with Crippen LogP contribution >= 0.6 is 0 Å². The fourth-order valence-corrected chi connectivity index (χ4v) is 4.41. The first kappa shape index (κ1) is 18.6. The maximum Gasteiger partial charge on any atom is 0.308 e. The van der Waals surface area contributed by atoms with Crippen LogP contribution < -0.4 is 9.47 Å². The molecule has 0 N–H and O–H groups in total. The van der Waals surface area contributed by atoms with E-state index >= 15 is 0 Å². The minimum atomic E-state index is -0.480. The molecule has 2 aromatic carbocycles. The maximum atomic E-state index is 13.1. The number of hydrogen-bond donors (Lipinski definition) is 0. The molecule has 2 aliphatic rings. The summed E-state index contributed by atoms with van der Waals surface area (Å²) in [5.41, 5.74) is 5.12. The van der Waals surface area contributed by atoms with Gasteiger partial charge in [-0.2, -0.15) is 0 Å². The van der Waals surface area contributed by atoms with Crippen LogP contribution in [0.2, 0.25) is 0 Å². The van der Waals surface area contributed by atoms with E-state index in [1.165, 1.54) is 19.4 Å². The zero-order valence-electron chi connectivity index (χ0n) is 16.0. The minimum absolute atomic E-state index is 0.0907. The second kappa shape index (κ2) is 7.36. The molecule has 0 saturated heterocycles. The Morgan fingerprint density at radius 1 is 1.11 bits per heavy atom. The van der Waals surface area contributed by atoms with Gasteiger partial charge in [0.1, 0.15) is 6.67 Å².